The van der Waals surface area contributed by atoms with Gasteiger partial charge in [-0.15, -0.1) is 11.3 Å². The van der Waals surface area contributed by atoms with E-state index in [1.807, 2.05) is 11.3 Å². The fourth-order valence-electron chi connectivity index (χ4n) is 1.16. The van der Waals surface area contributed by atoms with E-state index in [2.05, 4.69) is 24.4 Å². The van der Waals surface area contributed by atoms with Gasteiger partial charge in [-0.2, -0.15) is 0 Å². The summed E-state index contributed by atoms with van der Waals surface area (Å²) in [6.07, 6.45) is -0.156. The Morgan fingerprint density at radius 2 is 2.07 bits per heavy atom. The maximum Gasteiger partial charge on any atom is 0.169 e. The van der Waals surface area contributed by atoms with Crippen LogP contribution < -0.4 is 5.32 Å². The van der Waals surface area contributed by atoms with Gasteiger partial charge in [0.25, 0.3) is 0 Å². The van der Waals surface area contributed by atoms with Gasteiger partial charge in [-0.3, -0.25) is 0 Å². The van der Waals surface area contributed by atoms with Crippen LogP contribution in [0.1, 0.15) is 9.75 Å². The molecule has 0 spiro atoms. The normalized spacial score (nSPS) is 11.1. The standard InChI is InChI=1S/C10H17NO2S/c1-8-4-5-9(14-8)6-11-7-10(12-2)13-3/h4-5,10-11H,6-7H2,1-3H3. The molecule has 0 fully saturated rings. The van der Waals surface area contributed by atoms with Crippen molar-refractivity contribution in [1.82, 2.24) is 5.32 Å². The number of hydrogen-bond acceptors (Lipinski definition) is 4. The molecule has 0 bridgehead atoms. The Balaban J connectivity index is 2.21. The molecule has 0 aliphatic heterocycles. The molecular weight excluding hydrogens is 198 g/mol. The van der Waals surface area contributed by atoms with Crippen molar-refractivity contribution in [3.63, 3.8) is 0 Å². The second-order valence-electron chi connectivity index (χ2n) is 3.04. The summed E-state index contributed by atoms with van der Waals surface area (Å²) in [7, 11) is 3.29. The van der Waals surface area contributed by atoms with Gasteiger partial charge >= 0.3 is 0 Å². The minimum atomic E-state index is -0.156. The summed E-state index contributed by atoms with van der Waals surface area (Å²) < 4.78 is 10.1. The fourth-order valence-corrected chi connectivity index (χ4v) is 2.02. The Kier molecular flexibility index (Phi) is 5.11. The highest BCUT2D eigenvalue weighted by Gasteiger charge is 2.03. The van der Waals surface area contributed by atoms with Crippen molar-refractivity contribution in [2.24, 2.45) is 0 Å². The largest absolute Gasteiger partial charge is 0.355 e. The molecule has 1 heterocycles. The van der Waals surface area contributed by atoms with Crippen molar-refractivity contribution in [3.8, 4) is 0 Å². The third-order valence-electron chi connectivity index (χ3n) is 1.93. The predicted octanol–water partition coefficient (Wildman–Crippen LogP) is 1.77. The average Bonchev–Trinajstić information content (AvgIpc) is 2.59. The molecular formula is C10H17NO2S. The molecule has 0 aliphatic rings. The van der Waals surface area contributed by atoms with Crippen LogP contribution in [0.25, 0.3) is 0 Å². The predicted molar refractivity (Wildman–Crippen MR) is 58.6 cm³/mol. The second-order valence-corrected chi connectivity index (χ2v) is 4.42. The van der Waals surface area contributed by atoms with Crippen LogP contribution in [0, 0.1) is 6.92 Å². The lowest BCUT2D eigenvalue weighted by Gasteiger charge is -2.13. The number of nitrogens with one attached hydrogen (secondary N) is 1. The molecule has 0 amide bonds. The van der Waals surface area contributed by atoms with Gasteiger partial charge in [-0.05, 0) is 19.1 Å². The van der Waals surface area contributed by atoms with Crippen LogP contribution in [-0.4, -0.2) is 27.1 Å². The molecule has 0 saturated heterocycles. The van der Waals surface area contributed by atoms with Crippen molar-refractivity contribution in [2.75, 3.05) is 20.8 Å². The molecule has 0 radical (unpaired) electrons. The number of ether oxygens (including phenoxy) is 2. The molecule has 14 heavy (non-hydrogen) atoms. The Morgan fingerprint density at radius 3 is 2.57 bits per heavy atom. The number of rotatable bonds is 6. The highest BCUT2D eigenvalue weighted by Crippen LogP contribution is 2.14. The zero-order valence-corrected chi connectivity index (χ0v) is 9.69. The maximum atomic E-state index is 5.06. The first-order valence-electron chi connectivity index (χ1n) is 4.58. The molecule has 1 aromatic rings. The van der Waals surface area contributed by atoms with Crippen LogP contribution in [0.2, 0.25) is 0 Å². The summed E-state index contributed by atoms with van der Waals surface area (Å²) in [6, 6.07) is 4.27. The van der Waals surface area contributed by atoms with Crippen molar-refractivity contribution in [3.05, 3.63) is 21.9 Å². The summed E-state index contributed by atoms with van der Waals surface area (Å²) >= 11 is 1.81. The second kappa shape index (κ2) is 6.14. The van der Waals surface area contributed by atoms with E-state index in [1.54, 1.807) is 14.2 Å². The number of hydrogen-bond donors (Lipinski definition) is 1. The van der Waals surface area contributed by atoms with E-state index >= 15 is 0 Å². The first-order valence-corrected chi connectivity index (χ1v) is 5.39. The Hall–Kier alpha value is -0.420. The first-order chi connectivity index (χ1) is 6.76. The summed E-state index contributed by atoms with van der Waals surface area (Å²) in [5, 5.41) is 3.28. The van der Waals surface area contributed by atoms with Crippen LogP contribution in [0.4, 0.5) is 0 Å². The summed E-state index contributed by atoms with van der Waals surface area (Å²) in [4.78, 5) is 2.69. The van der Waals surface area contributed by atoms with Gasteiger partial charge in [-0.1, -0.05) is 0 Å². The fraction of sp³-hybridized carbons (Fsp3) is 0.600. The van der Waals surface area contributed by atoms with Crippen LogP contribution in [-0.2, 0) is 16.0 Å². The van der Waals surface area contributed by atoms with E-state index in [0.29, 0.717) is 6.54 Å². The van der Waals surface area contributed by atoms with Gasteiger partial charge in [0.05, 0.1) is 0 Å². The topological polar surface area (TPSA) is 30.5 Å². The quantitative estimate of drug-likeness (QED) is 0.734. The minimum absolute atomic E-state index is 0.156. The molecule has 4 heteroatoms. The van der Waals surface area contributed by atoms with Crippen molar-refractivity contribution in [1.29, 1.82) is 0 Å². The lowest BCUT2D eigenvalue weighted by molar-refractivity contribution is -0.0988. The Bertz CT molecular complexity index is 258. The lowest BCUT2D eigenvalue weighted by atomic mass is 10.4. The zero-order valence-electron chi connectivity index (χ0n) is 8.87. The number of aryl methyl sites for hydroxylation is 1. The summed E-state index contributed by atoms with van der Waals surface area (Å²) in [6.45, 7) is 3.70. The zero-order chi connectivity index (χ0) is 10.4. The number of methoxy groups -OCH3 is 2. The van der Waals surface area contributed by atoms with E-state index in [9.17, 15) is 0 Å². The van der Waals surface area contributed by atoms with E-state index in [4.69, 9.17) is 9.47 Å². The van der Waals surface area contributed by atoms with Gasteiger partial charge in [0.1, 0.15) is 0 Å². The highest BCUT2D eigenvalue weighted by molar-refractivity contribution is 7.11. The van der Waals surface area contributed by atoms with Crippen LogP contribution in [0.3, 0.4) is 0 Å². The van der Waals surface area contributed by atoms with E-state index in [1.165, 1.54) is 9.75 Å². The maximum absolute atomic E-state index is 5.06. The van der Waals surface area contributed by atoms with Gasteiger partial charge in [0.15, 0.2) is 6.29 Å². The van der Waals surface area contributed by atoms with Crippen molar-refractivity contribution < 1.29 is 9.47 Å². The van der Waals surface area contributed by atoms with Crippen LogP contribution >= 0.6 is 11.3 Å². The molecule has 0 aromatic carbocycles. The molecule has 1 rings (SSSR count). The molecule has 0 aliphatic carbocycles. The summed E-state index contributed by atoms with van der Waals surface area (Å²) in [5.41, 5.74) is 0. The molecule has 80 valence electrons. The molecule has 0 atom stereocenters. The van der Waals surface area contributed by atoms with E-state index in [0.717, 1.165) is 6.54 Å². The molecule has 0 unspecified atom stereocenters. The summed E-state index contributed by atoms with van der Waals surface area (Å²) in [5.74, 6) is 0. The van der Waals surface area contributed by atoms with E-state index in [-0.39, 0.29) is 6.29 Å². The monoisotopic (exact) mass is 215 g/mol. The van der Waals surface area contributed by atoms with Crippen LogP contribution in [0.5, 0.6) is 0 Å². The molecule has 3 nitrogen and oxygen atoms in total. The molecule has 1 N–H and O–H groups in total. The van der Waals surface area contributed by atoms with Gasteiger partial charge in [0, 0.05) is 37.1 Å². The Labute approximate surface area is 89.0 Å². The minimum Gasteiger partial charge on any atom is -0.355 e. The smallest absolute Gasteiger partial charge is 0.169 e. The van der Waals surface area contributed by atoms with E-state index < -0.39 is 0 Å². The SMILES string of the molecule is COC(CNCc1ccc(C)s1)OC. The number of thiophene rings is 1. The van der Waals surface area contributed by atoms with Crippen molar-refractivity contribution >= 4 is 11.3 Å². The van der Waals surface area contributed by atoms with Gasteiger partial charge in [-0.25, -0.2) is 0 Å². The van der Waals surface area contributed by atoms with Crippen LogP contribution in [0.15, 0.2) is 12.1 Å². The Morgan fingerprint density at radius 1 is 1.36 bits per heavy atom. The van der Waals surface area contributed by atoms with Gasteiger partial charge < -0.3 is 14.8 Å². The molecule has 1 aromatic heterocycles. The highest BCUT2D eigenvalue weighted by atomic mass is 32.1. The van der Waals surface area contributed by atoms with Gasteiger partial charge in [0.2, 0.25) is 0 Å². The third-order valence-corrected chi connectivity index (χ3v) is 2.93. The van der Waals surface area contributed by atoms with Crippen molar-refractivity contribution in [2.45, 2.75) is 19.8 Å². The average molecular weight is 215 g/mol. The first kappa shape index (κ1) is 11.7. The molecule has 0 saturated carbocycles. The third kappa shape index (κ3) is 3.75. The lowest BCUT2D eigenvalue weighted by Crippen LogP contribution is -2.29.